The average Bonchev–Trinajstić information content (AvgIpc) is 3.14. The number of carbonyl (C=O) groups is 1. The number of aromatic nitrogens is 4. The molecule has 1 aliphatic heterocycles. The summed E-state index contributed by atoms with van der Waals surface area (Å²) in [7, 11) is 0. The van der Waals surface area contributed by atoms with Gasteiger partial charge in [-0.3, -0.25) is 14.4 Å². The number of amides is 1. The first-order valence-corrected chi connectivity index (χ1v) is 7.45. The molecule has 1 fully saturated rings. The van der Waals surface area contributed by atoms with Gasteiger partial charge in [-0.05, 0) is 19.4 Å². The van der Waals surface area contributed by atoms with Crippen LogP contribution in [0.1, 0.15) is 12.8 Å². The number of thiazole rings is 1. The fourth-order valence-electron chi connectivity index (χ4n) is 2.48. The van der Waals surface area contributed by atoms with Crippen LogP contribution < -0.4 is 5.32 Å². The van der Waals surface area contributed by atoms with E-state index in [1.54, 1.807) is 12.5 Å². The number of nitrogens with one attached hydrogen (secondary N) is 1. The third-order valence-corrected chi connectivity index (χ3v) is 4.08. The van der Waals surface area contributed by atoms with E-state index in [9.17, 15) is 4.79 Å². The van der Waals surface area contributed by atoms with Crippen LogP contribution in [0.2, 0.25) is 0 Å². The molecule has 1 N–H and O–H groups in total. The molecular formula is C12H16N6OS. The molecule has 106 valence electrons. The van der Waals surface area contributed by atoms with Crippen LogP contribution in [-0.4, -0.2) is 49.7 Å². The minimum atomic E-state index is -0.00885. The highest BCUT2D eigenvalue weighted by molar-refractivity contribution is 7.13. The lowest BCUT2D eigenvalue weighted by Crippen LogP contribution is -2.39. The van der Waals surface area contributed by atoms with Crippen LogP contribution in [0.5, 0.6) is 0 Å². The Hall–Kier alpha value is -1.80. The zero-order valence-corrected chi connectivity index (χ0v) is 11.8. The van der Waals surface area contributed by atoms with Crippen molar-refractivity contribution < 1.29 is 4.79 Å². The number of nitrogens with zero attached hydrogens (tertiary/aromatic N) is 5. The minimum absolute atomic E-state index is 0.00885. The van der Waals surface area contributed by atoms with Gasteiger partial charge < -0.3 is 5.32 Å². The molecule has 0 saturated carbocycles. The van der Waals surface area contributed by atoms with Crippen LogP contribution in [0.25, 0.3) is 0 Å². The fraction of sp³-hybridized carbons (Fsp3) is 0.500. The number of hydrogen-bond donors (Lipinski definition) is 1. The maximum absolute atomic E-state index is 12.0. The average molecular weight is 292 g/mol. The largest absolute Gasteiger partial charge is 0.301 e. The van der Waals surface area contributed by atoms with Crippen LogP contribution >= 0.6 is 11.3 Å². The molecule has 8 heteroatoms. The Morgan fingerprint density at radius 1 is 1.55 bits per heavy atom. The van der Waals surface area contributed by atoms with Crippen molar-refractivity contribution in [2.24, 2.45) is 0 Å². The van der Waals surface area contributed by atoms with Gasteiger partial charge in [0.15, 0.2) is 5.13 Å². The van der Waals surface area contributed by atoms with Crippen molar-refractivity contribution >= 4 is 22.4 Å². The van der Waals surface area contributed by atoms with Crippen molar-refractivity contribution in [2.45, 2.75) is 25.4 Å². The highest BCUT2D eigenvalue weighted by atomic mass is 32.1. The second-order valence-corrected chi connectivity index (χ2v) is 5.66. The first-order valence-electron chi connectivity index (χ1n) is 6.57. The van der Waals surface area contributed by atoms with Crippen molar-refractivity contribution in [3.63, 3.8) is 0 Å². The van der Waals surface area contributed by atoms with E-state index in [-0.39, 0.29) is 5.91 Å². The summed E-state index contributed by atoms with van der Waals surface area (Å²) in [5.74, 6) is -0.00885. The minimum Gasteiger partial charge on any atom is -0.301 e. The number of rotatable bonds is 5. The molecule has 1 aliphatic rings. The Kier molecular flexibility index (Phi) is 4.03. The SMILES string of the molecule is O=C(CN1CCC[C@@H]1Cn1cncn1)Nc1nccs1. The lowest BCUT2D eigenvalue weighted by Gasteiger charge is -2.23. The van der Waals surface area contributed by atoms with E-state index in [4.69, 9.17) is 0 Å². The lowest BCUT2D eigenvalue weighted by molar-refractivity contribution is -0.117. The molecule has 0 aromatic carbocycles. The topological polar surface area (TPSA) is 75.9 Å². The summed E-state index contributed by atoms with van der Waals surface area (Å²) >= 11 is 1.43. The van der Waals surface area contributed by atoms with E-state index in [2.05, 4.69) is 25.3 Å². The third-order valence-electron chi connectivity index (χ3n) is 3.39. The van der Waals surface area contributed by atoms with Crippen molar-refractivity contribution in [3.8, 4) is 0 Å². The van der Waals surface area contributed by atoms with Crippen LogP contribution in [-0.2, 0) is 11.3 Å². The molecule has 0 aliphatic carbocycles. The Bertz CT molecular complexity index is 540. The van der Waals surface area contributed by atoms with Gasteiger partial charge in [-0.15, -0.1) is 11.3 Å². The molecule has 0 radical (unpaired) electrons. The van der Waals surface area contributed by atoms with Crippen molar-refractivity contribution in [1.82, 2.24) is 24.6 Å². The first kappa shape index (κ1) is 13.2. The molecule has 20 heavy (non-hydrogen) atoms. The summed E-state index contributed by atoms with van der Waals surface area (Å²) in [4.78, 5) is 22.2. The zero-order chi connectivity index (χ0) is 13.8. The Labute approximate surface area is 120 Å². The standard InChI is InChI=1S/C12H16N6OS/c19-11(16-12-14-3-5-20-12)7-17-4-1-2-10(17)6-18-9-13-8-15-18/h3,5,8-10H,1-2,4,6-7H2,(H,14,16,19)/t10-/m1/s1. The number of anilines is 1. The molecule has 0 bridgehead atoms. The predicted molar refractivity (Wildman–Crippen MR) is 75.4 cm³/mol. The van der Waals surface area contributed by atoms with Crippen molar-refractivity contribution in [2.75, 3.05) is 18.4 Å². The predicted octanol–water partition coefficient (Wildman–Crippen LogP) is 0.838. The van der Waals surface area contributed by atoms with Crippen molar-refractivity contribution in [1.29, 1.82) is 0 Å². The maximum atomic E-state index is 12.0. The third kappa shape index (κ3) is 3.20. The normalized spacial score (nSPS) is 19.3. The number of carbonyl (C=O) groups excluding carboxylic acids is 1. The van der Waals surface area contributed by atoms with E-state index in [1.807, 2.05) is 10.1 Å². The van der Waals surface area contributed by atoms with Gasteiger partial charge in [-0.2, -0.15) is 5.10 Å². The van der Waals surface area contributed by atoms with Gasteiger partial charge in [0.25, 0.3) is 0 Å². The van der Waals surface area contributed by atoms with Crippen LogP contribution in [0.3, 0.4) is 0 Å². The molecule has 1 saturated heterocycles. The summed E-state index contributed by atoms with van der Waals surface area (Å²) in [5.41, 5.74) is 0. The summed E-state index contributed by atoms with van der Waals surface area (Å²) < 4.78 is 1.82. The molecular weight excluding hydrogens is 276 g/mol. The second-order valence-electron chi connectivity index (χ2n) is 4.77. The summed E-state index contributed by atoms with van der Waals surface area (Å²) in [6.45, 7) is 2.13. The summed E-state index contributed by atoms with van der Waals surface area (Å²) in [6, 6.07) is 0.346. The molecule has 2 aromatic rings. The van der Waals surface area contributed by atoms with E-state index in [0.29, 0.717) is 17.7 Å². The zero-order valence-electron chi connectivity index (χ0n) is 11.0. The smallest absolute Gasteiger partial charge is 0.240 e. The highest BCUT2D eigenvalue weighted by Crippen LogP contribution is 2.18. The lowest BCUT2D eigenvalue weighted by atomic mass is 10.2. The van der Waals surface area contributed by atoms with E-state index in [0.717, 1.165) is 25.9 Å². The van der Waals surface area contributed by atoms with Crippen LogP contribution in [0.15, 0.2) is 24.2 Å². The van der Waals surface area contributed by atoms with E-state index >= 15 is 0 Å². The number of hydrogen-bond acceptors (Lipinski definition) is 6. The van der Waals surface area contributed by atoms with Gasteiger partial charge in [0, 0.05) is 17.6 Å². The van der Waals surface area contributed by atoms with Gasteiger partial charge in [0.05, 0.1) is 13.1 Å². The van der Waals surface area contributed by atoms with E-state index < -0.39 is 0 Å². The molecule has 3 rings (SSSR count). The van der Waals surface area contributed by atoms with Gasteiger partial charge in [-0.1, -0.05) is 0 Å². The molecule has 0 unspecified atom stereocenters. The fourth-order valence-corrected chi connectivity index (χ4v) is 3.03. The van der Waals surface area contributed by atoms with Gasteiger partial charge >= 0.3 is 0 Å². The monoisotopic (exact) mass is 292 g/mol. The van der Waals surface area contributed by atoms with Gasteiger partial charge in [-0.25, -0.2) is 9.97 Å². The number of likely N-dealkylation sites (tertiary alicyclic amines) is 1. The Morgan fingerprint density at radius 2 is 2.50 bits per heavy atom. The van der Waals surface area contributed by atoms with Crippen molar-refractivity contribution in [3.05, 3.63) is 24.2 Å². The molecule has 3 heterocycles. The molecule has 1 amide bonds. The second kappa shape index (κ2) is 6.10. The first-order chi connectivity index (χ1) is 9.81. The molecule has 1 atom stereocenters. The molecule has 0 spiro atoms. The maximum Gasteiger partial charge on any atom is 0.240 e. The summed E-state index contributed by atoms with van der Waals surface area (Å²) in [5, 5.41) is 9.45. The van der Waals surface area contributed by atoms with Crippen LogP contribution in [0.4, 0.5) is 5.13 Å². The quantitative estimate of drug-likeness (QED) is 0.883. The molecule has 7 nitrogen and oxygen atoms in total. The van der Waals surface area contributed by atoms with Gasteiger partial charge in [0.1, 0.15) is 12.7 Å². The van der Waals surface area contributed by atoms with Gasteiger partial charge in [0.2, 0.25) is 5.91 Å². The summed E-state index contributed by atoms with van der Waals surface area (Å²) in [6.07, 6.45) is 7.14. The van der Waals surface area contributed by atoms with Crippen LogP contribution in [0, 0.1) is 0 Å². The van der Waals surface area contributed by atoms with E-state index in [1.165, 1.54) is 17.7 Å². The molecule has 2 aromatic heterocycles. The Balaban J connectivity index is 1.54. The Morgan fingerprint density at radius 3 is 3.25 bits per heavy atom. The highest BCUT2D eigenvalue weighted by Gasteiger charge is 2.26.